The Bertz CT molecular complexity index is 499. The van der Waals surface area contributed by atoms with E-state index in [9.17, 15) is 18.0 Å². The maximum Gasteiger partial charge on any atom is 0.416 e. The van der Waals surface area contributed by atoms with Gasteiger partial charge in [-0.3, -0.25) is 4.79 Å². The van der Waals surface area contributed by atoms with Crippen LogP contribution in [0.15, 0.2) is 24.3 Å². The lowest BCUT2D eigenvalue weighted by Gasteiger charge is -2.24. The minimum Gasteiger partial charge on any atom is -0.392 e. The molecule has 0 aliphatic carbocycles. The number of likely N-dealkylation sites (N-methyl/N-ethyl adjacent to an activating group) is 1. The van der Waals surface area contributed by atoms with Crippen LogP contribution in [0.3, 0.4) is 0 Å². The summed E-state index contributed by atoms with van der Waals surface area (Å²) in [7, 11) is 1.55. The van der Waals surface area contributed by atoms with E-state index in [1.54, 1.807) is 14.0 Å². The number of hydrogen-bond acceptors (Lipinski definition) is 2. The first-order valence-electron chi connectivity index (χ1n) is 5.84. The molecule has 0 saturated carbocycles. The third kappa shape index (κ3) is 4.19. The molecule has 0 fully saturated rings. The fraction of sp³-hybridized carbons (Fsp3) is 0.385. The van der Waals surface area contributed by atoms with Gasteiger partial charge in [0.2, 0.25) is 5.91 Å². The van der Waals surface area contributed by atoms with Crippen molar-refractivity contribution in [3.63, 3.8) is 0 Å². The summed E-state index contributed by atoms with van der Waals surface area (Å²) in [6.07, 6.45) is -4.37. The molecule has 110 valence electrons. The number of thiocarbonyl (C=S) groups is 1. The summed E-state index contributed by atoms with van der Waals surface area (Å²) in [5.41, 5.74) is 5.22. The van der Waals surface area contributed by atoms with Gasteiger partial charge < -0.3 is 10.6 Å². The van der Waals surface area contributed by atoms with Gasteiger partial charge in [0.15, 0.2) is 0 Å². The molecular weight excluding hydrogens is 289 g/mol. The standard InChI is InChI=1S/C13H15F3N2OS/c1-8(12(17)20)18(2)11(19)7-9-3-5-10(6-4-9)13(14,15)16/h3-6,8H,7H2,1-2H3,(H2,17,20). The van der Waals surface area contributed by atoms with Gasteiger partial charge in [0.1, 0.15) is 0 Å². The fourth-order valence-corrected chi connectivity index (χ4v) is 1.68. The number of nitrogens with two attached hydrogens (primary N) is 1. The lowest BCUT2D eigenvalue weighted by Crippen LogP contribution is -2.43. The van der Waals surface area contributed by atoms with Crippen molar-refractivity contribution >= 4 is 23.1 Å². The zero-order chi connectivity index (χ0) is 15.5. The van der Waals surface area contributed by atoms with Crippen LogP contribution in [0.25, 0.3) is 0 Å². The number of hydrogen-bond donors (Lipinski definition) is 1. The molecule has 0 radical (unpaired) electrons. The molecule has 1 aromatic rings. The lowest BCUT2D eigenvalue weighted by atomic mass is 10.1. The van der Waals surface area contributed by atoms with E-state index in [1.807, 2.05) is 0 Å². The molecule has 1 aromatic carbocycles. The highest BCUT2D eigenvalue weighted by atomic mass is 32.1. The molecule has 1 unspecified atom stereocenters. The Morgan fingerprint density at radius 3 is 2.25 bits per heavy atom. The second kappa shape index (κ2) is 6.21. The third-order valence-corrected chi connectivity index (χ3v) is 3.36. The Balaban J connectivity index is 2.74. The zero-order valence-corrected chi connectivity index (χ0v) is 11.9. The summed E-state index contributed by atoms with van der Waals surface area (Å²) in [5.74, 6) is -0.259. The first-order valence-corrected chi connectivity index (χ1v) is 6.25. The predicted octanol–water partition coefficient (Wildman–Crippen LogP) is 2.38. The number of alkyl halides is 3. The number of halogens is 3. The van der Waals surface area contributed by atoms with Gasteiger partial charge >= 0.3 is 6.18 Å². The van der Waals surface area contributed by atoms with Crippen LogP contribution in [0, 0.1) is 0 Å². The average Bonchev–Trinajstić information content (AvgIpc) is 2.36. The lowest BCUT2D eigenvalue weighted by molar-refractivity contribution is -0.137. The van der Waals surface area contributed by atoms with Gasteiger partial charge in [0.25, 0.3) is 0 Å². The molecule has 0 spiro atoms. The van der Waals surface area contributed by atoms with E-state index in [1.165, 1.54) is 17.0 Å². The third-order valence-electron chi connectivity index (χ3n) is 3.02. The highest BCUT2D eigenvalue weighted by Crippen LogP contribution is 2.29. The van der Waals surface area contributed by atoms with Crippen LogP contribution in [0.5, 0.6) is 0 Å². The maximum atomic E-state index is 12.4. The molecule has 3 nitrogen and oxygen atoms in total. The molecule has 0 heterocycles. The van der Waals surface area contributed by atoms with Crippen LogP contribution in [0.1, 0.15) is 18.1 Å². The van der Waals surface area contributed by atoms with E-state index in [0.29, 0.717) is 5.56 Å². The summed E-state index contributed by atoms with van der Waals surface area (Å²) in [4.78, 5) is 13.5. The molecule has 2 N–H and O–H groups in total. The van der Waals surface area contributed by atoms with Crippen molar-refractivity contribution in [2.24, 2.45) is 5.73 Å². The molecule has 1 amide bonds. The minimum atomic E-state index is -4.38. The van der Waals surface area contributed by atoms with E-state index < -0.39 is 17.8 Å². The van der Waals surface area contributed by atoms with Gasteiger partial charge in [-0.25, -0.2) is 0 Å². The largest absolute Gasteiger partial charge is 0.416 e. The Hall–Kier alpha value is -1.63. The van der Waals surface area contributed by atoms with Gasteiger partial charge in [0, 0.05) is 7.05 Å². The number of nitrogens with zero attached hydrogens (tertiary/aromatic N) is 1. The van der Waals surface area contributed by atoms with Crippen molar-refractivity contribution in [1.82, 2.24) is 4.90 Å². The van der Waals surface area contributed by atoms with E-state index in [0.717, 1.165) is 12.1 Å². The van der Waals surface area contributed by atoms with Gasteiger partial charge in [-0.05, 0) is 24.6 Å². The molecule has 0 saturated heterocycles. The molecule has 20 heavy (non-hydrogen) atoms. The molecule has 7 heteroatoms. The summed E-state index contributed by atoms with van der Waals surface area (Å²) in [6.45, 7) is 1.69. The Morgan fingerprint density at radius 2 is 1.85 bits per heavy atom. The van der Waals surface area contributed by atoms with Crippen molar-refractivity contribution in [3.8, 4) is 0 Å². The maximum absolute atomic E-state index is 12.4. The average molecular weight is 304 g/mol. The molecule has 1 rings (SSSR count). The van der Waals surface area contributed by atoms with E-state index >= 15 is 0 Å². The summed E-state index contributed by atoms with van der Waals surface area (Å²) in [5, 5.41) is 0. The first kappa shape index (κ1) is 16.4. The predicted molar refractivity (Wildman–Crippen MR) is 74.2 cm³/mol. The number of benzene rings is 1. The van der Waals surface area contributed by atoms with Gasteiger partial charge in [-0.15, -0.1) is 0 Å². The van der Waals surface area contributed by atoms with Gasteiger partial charge in [0.05, 0.1) is 23.0 Å². The fourth-order valence-electron chi connectivity index (χ4n) is 1.52. The van der Waals surface area contributed by atoms with Crippen LogP contribution in [0.4, 0.5) is 13.2 Å². The molecular formula is C13H15F3N2OS. The second-order valence-electron chi connectivity index (χ2n) is 4.45. The monoisotopic (exact) mass is 304 g/mol. The SMILES string of the molecule is CC(C(N)=S)N(C)C(=O)Cc1ccc(C(F)(F)F)cc1. The first-order chi connectivity index (χ1) is 9.12. The van der Waals surface area contributed by atoms with E-state index in [-0.39, 0.29) is 17.3 Å². The molecule has 0 bridgehead atoms. The Labute approximate surface area is 120 Å². The Morgan fingerprint density at radius 1 is 1.35 bits per heavy atom. The highest BCUT2D eigenvalue weighted by Gasteiger charge is 2.30. The second-order valence-corrected chi connectivity index (χ2v) is 4.93. The normalized spacial score (nSPS) is 12.8. The smallest absolute Gasteiger partial charge is 0.392 e. The van der Waals surface area contributed by atoms with Crippen LogP contribution >= 0.6 is 12.2 Å². The summed E-state index contributed by atoms with van der Waals surface area (Å²) in [6, 6.07) is 4.10. The number of amides is 1. The topological polar surface area (TPSA) is 46.3 Å². The Kier molecular flexibility index (Phi) is 5.10. The van der Waals surface area contributed by atoms with Crippen LogP contribution in [-0.2, 0) is 17.4 Å². The van der Waals surface area contributed by atoms with Crippen molar-refractivity contribution in [2.75, 3.05) is 7.05 Å². The van der Waals surface area contributed by atoms with Crippen LogP contribution in [0.2, 0.25) is 0 Å². The molecule has 0 aliphatic heterocycles. The van der Waals surface area contributed by atoms with Crippen molar-refractivity contribution in [2.45, 2.75) is 25.6 Å². The van der Waals surface area contributed by atoms with Crippen molar-refractivity contribution in [3.05, 3.63) is 35.4 Å². The molecule has 0 aliphatic rings. The number of rotatable bonds is 4. The quantitative estimate of drug-likeness (QED) is 0.869. The molecule has 1 atom stereocenters. The molecule has 0 aromatic heterocycles. The van der Waals surface area contributed by atoms with E-state index in [2.05, 4.69) is 0 Å². The summed E-state index contributed by atoms with van der Waals surface area (Å²) < 4.78 is 37.2. The summed E-state index contributed by atoms with van der Waals surface area (Å²) >= 11 is 4.80. The van der Waals surface area contributed by atoms with Gasteiger partial charge in [-0.1, -0.05) is 24.4 Å². The van der Waals surface area contributed by atoms with Gasteiger partial charge in [-0.2, -0.15) is 13.2 Å². The van der Waals surface area contributed by atoms with Crippen LogP contribution in [-0.4, -0.2) is 28.9 Å². The number of carbonyl (C=O) groups excluding carboxylic acids is 1. The van der Waals surface area contributed by atoms with Crippen molar-refractivity contribution in [1.29, 1.82) is 0 Å². The van der Waals surface area contributed by atoms with E-state index in [4.69, 9.17) is 18.0 Å². The number of carbonyl (C=O) groups is 1. The van der Waals surface area contributed by atoms with Crippen LogP contribution < -0.4 is 5.73 Å². The minimum absolute atomic E-state index is 0.00158. The highest BCUT2D eigenvalue weighted by molar-refractivity contribution is 7.80. The van der Waals surface area contributed by atoms with Crippen molar-refractivity contribution < 1.29 is 18.0 Å². The zero-order valence-electron chi connectivity index (χ0n) is 11.1.